The molecule has 2 aliphatic rings. The molecule has 162 valence electrons. The maximum atomic E-state index is 12.5. The van der Waals surface area contributed by atoms with Crippen LogP contribution >= 0.6 is 0 Å². The van der Waals surface area contributed by atoms with Gasteiger partial charge < -0.3 is 19.1 Å². The summed E-state index contributed by atoms with van der Waals surface area (Å²) in [6.07, 6.45) is 7.94. The number of pyridine rings is 1. The van der Waals surface area contributed by atoms with Crippen molar-refractivity contribution >= 4 is 22.7 Å². The molecular formula is C25H30N4O2. The summed E-state index contributed by atoms with van der Waals surface area (Å²) in [5.74, 6) is 1.46. The molecule has 2 aromatic heterocycles. The van der Waals surface area contributed by atoms with Crippen molar-refractivity contribution in [2.24, 2.45) is 5.92 Å². The molecule has 6 heteroatoms. The molecule has 1 aromatic carbocycles. The average molecular weight is 419 g/mol. The van der Waals surface area contributed by atoms with Crippen molar-refractivity contribution in [1.82, 2.24) is 14.5 Å². The fourth-order valence-corrected chi connectivity index (χ4v) is 4.63. The molecule has 0 spiro atoms. The van der Waals surface area contributed by atoms with Crippen LogP contribution in [0, 0.1) is 5.92 Å². The number of methoxy groups -OCH3 is 1. The highest BCUT2D eigenvalue weighted by molar-refractivity contribution is 6.05. The van der Waals surface area contributed by atoms with Gasteiger partial charge >= 0.3 is 5.97 Å². The van der Waals surface area contributed by atoms with E-state index in [-0.39, 0.29) is 5.97 Å². The van der Waals surface area contributed by atoms with E-state index in [0.717, 1.165) is 66.5 Å². The number of ether oxygens (including phenoxy) is 1. The maximum absolute atomic E-state index is 12.5. The molecule has 3 heterocycles. The fourth-order valence-electron chi connectivity index (χ4n) is 4.63. The van der Waals surface area contributed by atoms with Gasteiger partial charge in [0.25, 0.3) is 0 Å². The van der Waals surface area contributed by atoms with Crippen LogP contribution in [0.1, 0.15) is 29.6 Å². The van der Waals surface area contributed by atoms with E-state index in [4.69, 9.17) is 9.72 Å². The molecule has 0 bridgehead atoms. The maximum Gasteiger partial charge on any atom is 0.338 e. The lowest BCUT2D eigenvalue weighted by Gasteiger charge is -2.33. The molecule has 1 saturated heterocycles. The number of likely N-dealkylation sites (N-methyl/N-ethyl adjacent to an activating group) is 1. The Morgan fingerprint density at radius 1 is 1.10 bits per heavy atom. The third-order valence-electron chi connectivity index (χ3n) is 6.88. The number of anilines is 1. The van der Waals surface area contributed by atoms with Crippen molar-refractivity contribution in [3.63, 3.8) is 0 Å². The van der Waals surface area contributed by atoms with E-state index < -0.39 is 0 Å². The Labute approximate surface area is 183 Å². The van der Waals surface area contributed by atoms with E-state index in [1.165, 1.54) is 26.4 Å². The Morgan fingerprint density at radius 2 is 1.90 bits per heavy atom. The van der Waals surface area contributed by atoms with E-state index in [9.17, 15) is 4.79 Å². The highest BCUT2D eigenvalue weighted by Gasteiger charge is 2.21. The summed E-state index contributed by atoms with van der Waals surface area (Å²) in [4.78, 5) is 22.0. The number of benzene rings is 1. The summed E-state index contributed by atoms with van der Waals surface area (Å²) in [7, 11) is 3.60. The molecule has 2 fully saturated rings. The third kappa shape index (κ3) is 3.92. The van der Waals surface area contributed by atoms with Crippen LogP contribution in [0.5, 0.6) is 0 Å². The Balaban J connectivity index is 1.49. The van der Waals surface area contributed by atoms with Crippen LogP contribution in [-0.2, 0) is 11.3 Å². The number of carbonyl (C=O) groups is 1. The van der Waals surface area contributed by atoms with E-state index in [0.29, 0.717) is 5.56 Å². The van der Waals surface area contributed by atoms with Crippen LogP contribution in [-0.4, -0.2) is 60.8 Å². The molecule has 0 atom stereocenters. The van der Waals surface area contributed by atoms with Gasteiger partial charge in [-0.15, -0.1) is 0 Å². The number of hydrogen-bond donors (Lipinski definition) is 0. The summed E-state index contributed by atoms with van der Waals surface area (Å²) >= 11 is 0. The standard InChI is InChI=1S/C25H30N4O2/c1-27-10-12-28(13-11-27)24-7-6-19(16-26-24)20-14-22(25(30)31-2)21-8-9-29(23(21)15-20)17-18-4-3-5-18/h6-9,14-16,18H,3-5,10-13,17H2,1-2H3. The number of piperazine rings is 1. The number of nitrogens with zero attached hydrogens (tertiary/aromatic N) is 4. The lowest BCUT2D eigenvalue weighted by molar-refractivity contribution is 0.0603. The van der Waals surface area contributed by atoms with Crippen LogP contribution in [0.2, 0.25) is 0 Å². The Kier molecular flexibility index (Phi) is 5.40. The van der Waals surface area contributed by atoms with Gasteiger partial charge in [0.15, 0.2) is 0 Å². The SMILES string of the molecule is COC(=O)c1cc(-c2ccc(N3CCN(C)CC3)nc2)cc2c1ccn2CC1CCC1. The smallest absolute Gasteiger partial charge is 0.338 e. The third-order valence-corrected chi connectivity index (χ3v) is 6.88. The van der Waals surface area contributed by atoms with Crippen LogP contribution in [0.3, 0.4) is 0 Å². The first kappa shape index (κ1) is 20.1. The van der Waals surface area contributed by atoms with Crippen molar-refractivity contribution in [2.75, 3.05) is 45.2 Å². The second kappa shape index (κ2) is 8.35. The molecule has 0 N–H and O–H groups in total. The molecule has 0 amide bonds. The van der Waals surface area contributed by atoms with Crippen LogP contribution < -0.4 is 4.90 Å². The lowest BCUT2D eigenvalue weighted by atomic mass is 9.85. The van der Waals surface area contributed by atoms with Gasteiger partial charge in [-0.2, -0.15) is 0 Å². The highest BCUT2D eigenvalue weighted by Crippen LogP contribution is 2.33. The number of fused-ring (bicyclic) bond motifs is 1. The van der Waals surface area contributed by atoms with E-state index in [1.807, 2.05) is 18.3 Å². The van der Waals surface area contributed by atoms with Gasteiger partial charge in [-0.1, -0.05) is 6.42 Å². The summed E-state index contributed by atoms with van der Waals surface area (Å²) in [6.45, 7) is 5.11. The quantitative estimate of drug-likeness (QED) is 0.586. The molecule has 6 nitrogen and oxygen atoms in total. The van der Waals surface area contributed by atoms with Gasteiger partial charge in [-0.05, 0) is 61.7 Å². The summed E-state index contributed by atoms with van der Waals surface area (Å²) in [5.41, 5.74) is 3.72. The molecule has 1 saturated carbocycles. The first-order chi connectivity index (χ1) is 15.1. The molecular weight excluding hydrogens is 388 g/mol. The van der Waals surface area contributed by atoms with Crippen LogP contribution in [0.25, 0.3) is 22.0 Å². The van der Waals surface area contributed by atoms with Gasteiger partial charge in [-0.3, -0.25) is 0 Å². The number of rotatable bonds is 5. The predicted octanol–water partition coefficient (Wildman–Crippen LogP) is 4.04. The number of hydrogen-bond acceptors (Lipinski definition) is 5. The minimum absolute atomic E-state index is 0.296. The van der Waals surface area contributed by atoms with Crippen LogP contribution in [0.4, 0.5) is 5.82 Å². The first-order valence-electron chi connectivity index (χ1n) is 11.2. The second-order valence-electron chi connectivity index (χ2n) is 8.91. The van der Waals surface area contributed by atoms with Gasteiger partial charge in [-0.25, -0.2) is 9.78 Å². The Bertz CT molecular complexity index is 1080. The van der Waals surface area contributed by atoms with Crippen LogP contribution in [0.15, 0.2) is 42.7 Å². The van der Waals surface area contributed by atoms with Gasteiger partial charge in [0, 0.05) is 61.6 Å². The zero-order valence-corrected chi connectivity index (χ0v) is 18.4. The largest absolute Gasteiger partial charge is 0.465 e. The molecule has 0 unspecified atom stereocenters. The van der Waals surface area contributed by atoms with Crippen molar-refractivity contribution in [3.05, 3.63) is 48.3 Å². The normalized spacial score (nSPS) is 17.7. The molecule has 5 rings (SSSR count). The van der Waals surface area contributed by atoms with Gasteiger partial charge in [0.1, 0.15) is 5.82 Å². The minimum atomic E-state index is -0.296. The predicted molar refractivity (Wildman–Crippen MR) is 124 cm³/mol. The van der Waals surface area contributed by atoms with E-state index >= 15 is 0 Å². The molecule has 1 aliphatic carbocycles. The fraction of sp³-hybridized carbons (Fsp3) is 0.440. The van der Waals surface area contributed by atoms with Crippen molar-refractivity contribution < 1.29 is 9.53 Å². The van der Waals surface area contributed by atoms with Gasteiger partial charge in [0.05, 0.1) is 12.7 Å². The molecule has 3 aromatic rings. The first-order valence-corrected chi connectivity index (χ1v) is 11.2. The second-order valence-corrected chi connectivity index (χ2v) is 8.91. The lowest BCUT2D eigenvalue weighted by Crippen LogP contribution is -2.44. The Hall–Kier alpha value is -2.86. The van der Waals surface area contributed by atoms with Gasteiger partial charge in [0.2, 0.25) is 0 Å². The summed E-state index contributed by atoms with van der Waals surface area (Å²) in [5, 5.41) is 0.955. The number of aromatic nitrogens is 2. The van der Waals surface area contributed by atoms with E-state index in [1.54, 1.807) is 0 Å². The zero-order chi connectivity index (χ0) is 21.4. The minimum Gasteiger partial charge on any atom is -0.465 e. The molecule has 0 radical (unpaired) electrons. The number of esters is 1. The molecule has 31 heavy (non-hydrogen) atoms. The highest BCUT2D eigenvalue weighted by atomic mass is 16.5. The molecule has 1 aliphatic heterocycles. The average Bonchev–Trinajstić information content (AvgIpc) is 3.18. The van der Waals surface area contributed by atoms with Crippen molar-refractivity contribution in [1.29, 1.82) is 0 Å². The van der Waals surface area contributed by atoms with Crippen molar-refractivity contribution in [2.45, 2.75) is 25.8 Å². The van der Waals surface area contributed by atoms with Crippen molar-refractivity contribution in [3.8, 4) is 11.1 Å². The summed E-state index contributed by atoms with van der Waals surface area (Å²) < 4.78 is 7.38. The van der Waals surface area contributed by atoms with E-state index in [2.05, 4.69) is 45.8 Å². The zero-order valence-electron chi connectivity index (χ0n) is 18.4. The topological polar surface area (TPSA) is 50.6 Å². The Morgan fingerprint density at radius 3 is 2.55 bits per heavy atom. The monoisotopic (exact) mass is 418 g/mol. The summed E-state index contributed by atoms with van der Waals surface area (Å²) in [6, 6.07) is 10.4. The number of carbonyl (C=O) groups excluding carboxylic acids is 1.